The lowest BCUT2D eigenvalue weighted by molar-refractivity contribution is 0.129. The van der Waals surface area contributed by atoms with E-state index >= 15 is 0 Å². The molecule has 5 nitrogen and oxygen atoms in total. The maximum Gasteiger partial charge on any atom is 0.124 e. The molecule has 0 bridgehead atoms. The van der Waals surface area contributed by atoms with Gasteiger partial charge in [-0.05, 0) is 89.2 Å². The SMILES string of the molecule is CC(C)N1CCC[C@@H](Cn2c(CN(C)[C@H]3CCCc4cccnc43)nc3ccccc32)C1. The van der Waals surface area contributed by atoms with Crippen molar-refractivity contribution in [1.82, 2.24) is 24.3 Å². The quantitative estimate of drug-likeness (QED) is 0.547. The predicted octanol–water partition coefficient (Wildman–Crippen LogP) is 5.06. The van der Waals surface area contributed by atoms with Crippen LogP contribution >= 0.6 is 0 Å². The van der Waals surface area contributed by atoms with E-state index in [9.17, 15) is 0 Å². The van der Waals surface area contributed by atoms with Crippen LogP contribution in [0.4, 0.5) is 0 Å². The van der Waals surface area contributed by atoms with E-state index < -0.39 is 0 Å². The molecule has 0 spiro atoms. The first kappa shape index (κ1) is 21.6. The Morgan fingerprint density at radius 3 is 2.84 bits per heavy atom. The number of fused-ring (bicyclic) bond motifs is 2. The van der Waals surface area contributed by atoms with Gasteiger partial charge in [0, 0.05) is 25.3 Å². The summed E-state index contributed by atoms with van der Waals surface area (Å²) in [5, 5.41) is 0. The average molecular weight is 432 g/mol. The summed E-state index contributed by atoms with van der Waals surface area (Å²) in [7, 11) is 2.25. The van der Waals surface area contributed by atoms with Gasteiger partial charge in [0.2, 0.25) is 0 Å². The lowest BCUT2D eigenvalue weighted by atomic mass is 9.91. The van der Waals surface area contributed by atoms with Crippen LogP contribution in [0.1, 0.15) is 62.7 Å². The Labute approximate surface area is 192 Å². The molecule has 32 heavy (non-hydrogen) atoms. The van der Waals surface area contributed by atoms with Gasteiger partial charge in [0.1, 0.15) is 5.82 Å². The Kier molecular flexibility index (Phi) is 6.29. The molecule has 0 N–H and O–H groups in total. The zero-order chi connectivity index (χ0) is 22.1. The second-order valence-electron chi connectivity index (χ2n) is 10.1. The number of para-hydroxylation sites is 2. The molecule has 2 aromatic heterocycles. The minimum Gasteiger partial charge on any atom is -0.327 e. The number of hydrogen-bond donors (Lipinski definition) is 0. The highest BCUT2D eigenvalue weighted by molar-refractivity contribution is 5.75. The summed E-state index contributed by atoms with van der Waals surface area (Å²) >= 11 is 0. The number of rotatable bonds is 6. The van der Waals surface area contributed by atoms with Crippen LogP contribution in [-0.2, 0) is 19.5 Å². The Balaban J connectivity index is 1.41. The van der Waals surface area contributed by atoms with E-state index in [1.165, 1.54) is 61.4 Å². The van der Waals surface area contributed by atoms with E-state index in [2.05, 4.69) is 71.7 Å². The molecular weight excluding hydrogens is 394 g/mol. The van der Waals surface area contributed by atoms with Crippen molar-refractivity contribution in [3.05, 3.63) is 59.7 Å². The zero-order valence-corrected chi connectivity index (χ0v) is 19.9. The van der Waals surface area contributed by atoms with Gasteiger partial charge in [-0.2, -0.15) is 0 Å². The van der Waals surface area contributed by atoms with Crippen molar-refractivity contribution in [3.63, 3.8) is 0 Å². The Morgan fingerprint density at radius 2 is 1.97 bits per heavy atom. The van der Waals surface area contributed by atoms with Crippen LogP contribution in [-0.4, -0.2) is 50.5 Å². The molecule has 1 saturated heterocycles. The second-order valence-corrected chi connectivity index (χ2v) is 10.1. The molecular formula is C27H37N5. The summed E-state index contributed by atoms with van der Waals surface area (Å²) in [5.74, 6) is 1.88. The van der Waals surface area contributed by atoms with Gasteiger partial charge in [-0.1, -0.05) is 18.2 Å². The summed E-state index contributed by atoms with van der Waals surface area (Å²) in [6.45, 7) is 9.00. The van der Waals surface area contributed by atoms with E-state index in [0.717, 1.165) is 25.0 Å². The topological polar surface area (TPSA) is 37.2 Å². The average Bonchev–Trinajstić information content (AvgIpc) is 3.15. The van der Waals surface area contributed by atoms with Crippen molar-refractivity contribution in [2.24, 2.45) is 5.92 Å². The fourth-order valence-corrected chi connectivity index (χ4v) is 5.77. The molecule has 5 rings (SSSR count). The molecule has 0 saturated carbocycles. The van der Waals surface area contributed by atoms with Gasteiger partial charge in [-0.15, -0.1) is 0 Å². The van der Waals surface area contributed by atoms with Crippen molar-refractivity contribution in [3.8, 4) is 0 Å². The largest absolute Gasteiger partial charge is 0.327 e. The Morgan fingerprint density at radius 1 is 1.09 bits per heavy atom. The van der Waals surface area contributed by atoms with Gasteiger partial charge < -0.3 is 9.47 Å². The maximum absolute atomic E-state index is 5.11. The number of likely N-dealkylation sites (tertiary alicyclic amines) is 1. The maximum atomic E-state index is 5.11. The molecule has 2 atom stereocenters. The van der Waals surface area contributed by atoms with Crippen LogP contribution in [0.2, 0.25) is 0 Å². The van der Waals surface area contributed by atoms with E-state index in [-0.39, 0.29) is 0 Å². The molecule has 1 aliphatic heterocycles. The molecule has 3 aromatic rings. The molecule has 0 radical (unpaired) electrons. The summed E-state index contributed by atoms with van der Waals surface area (Å²) in [5.41, 5.74) is 5.08. The third kappa shape index (κ3) is 4.33. The summed E-state index contributed by atoms with van der Waals surface area (Å²) < 4.78 is 2.52. The van der Waals surface area contributed by atoms with E-state index in [0.29, 0.717) is 18.0 Å². The Bertz CT molecular complexity index is 1060. The standard InChI is InChI=1S/C27H37N5/c1-20(2)31-16-8-9-21(17-31)18-32-24-13-5-4-12-23(24)29-26(32)19-30(3)25-14-6-10-22-11-7-15-28-27(22)25/h4-5,7,11-13,15,20-21,25H,6,8-10,14,16-19H2,1-3H3/t21-,25+/m1/s1. The number of aromatic nitrogens is 3. The number of hydrogen-bond acceptors (Lipinski definition) is 4. The first-order valence-electron chi connectivity index (χ1n) is 12.4. The second kappa shape index (κ2) is 9.32. The lowest BCUT2D eigenvalue weighted by Gasteiger charge is -2.36. The van der Waals surface area contributed by atoms with E-state index in [1.807, 2.05) is 6.20 Å². The first-order chi connectivity index (χ1) is 15.6. The van der Waals surface area contributed by atoms with Crippen LogP contribution < -0.4 is 0 Å². The van der Waals surface area contributed by atoms with Crippen molar-refractivity contribution in [2.75, 3.05) is 20.1 Å². The highest BCUT2D eigenvalue weighted by Gasteiger charge is 2.27. The molecule has 0 unspecified atom stereocenters. The molecule has 1 fully saturated rings. The van der Waals surface area contributed by atoms with Crippen LogP contribution in [0.15, 0.2) is 42.6 Å². The van der Waals surface area contributed by atoms with Crippen molar-refractivity contribution in [1.29, 1.82) is 0 Å². The predicted molar refractivity (Wildman–Crippen MR) is 131 cm³/mol. The van der Waals surface area contributed by atoms with Crippen LogP contribution in [0.3, 0.4) is 0 Å². The highest BCUT2D eigenvalue weighted by Crippen LogP contribution is 2.33. The number of nitrogens with zero attached hydrogens (tertiary/aromatic N) is 5. The van der Waals surface area contributed by atoms with Crippen LogP contribution in [0.5, 0.6) is 0 Å². The van der Waals surface area contributed by atoms with Crippen LogP contribution in [0, 0.1) is 5.92 Å². The summed E-state index contributed by atoms with van der Waals surface area (Å²) in [6.07, 6.45) is 8.12. The number of piperidine rings is 1. The van der Waals surface area contributed by atoms with Crippen LogP contribution in [0.25, 0.3) is 11.0 Å². The third-order valence-electron chi connectivity index (χ3n) is 7.54. The molecule has 1 aromatic carbocycles. The minimum atomic E-state index is 0.374. The monoisotopic (exact) mass is 431 g/mol. The third-order valence-corrected chi connectivity index (χ3v) is 7.54. The van der Waals surface area contributed by atoms with Crippen molar-refractivity contribution in [2.45, 2.75) is 71.1 Å². The van der Waals surface area contributed by atoms with Gasteiger partial charge in [-0.25, -0.2) is 4.98 Å². The number of pyridine rings is 1. The highest BCUT2D eigenvalue weighted by atomic mass is 15.2. The molecule has 1 aliphatic carbocycles. The number of aryl methyl sites for hydroxylation is 1. The fraction of sp³-hybridized carbons (Fsp3) is 0.556. The molecule has 5 heteroatoms. The Hall–Kier alpha value is -2.24. The zero-order valence-electron chi connectivity index (χ0n) is 19.9. The van der Waals surface area contributed by atoms with Gasteiger partial charge in [0.25, 0.3) is 0 Å². The lowest BCUT2D eigenvalue weighted by Crippen LogP contribution is -2.41. The molecule has 0 amide bonds. The van der Waals surface area contributed by atoms with Crippen molar-refractivity contribution >= 4 is 11.0 Å². The number of imidazole rings is 1. The molecule has 3 heterocycles. The smallest absolute Gasteiger partial charge is 0.124 e. The molecule has 2 aliphatic rings. The minimum absolute atomic E-state index is 0.374. The number of benzene rings is 1. The van der Waals surface area contributed by atoms with Gasteiger partial charge in [0.15, 0.2) is 0 Å². The normalized spacial score (nSPS) is 22.0. The van der Waals surface area contributed by atoms with E-state index in [4.69, 9.17) is 9.97 Å². The van der Waals surface area contributed by atoms with Crippen molar-refractivity contribution < 1.29 is 0 Å². The fourth-order valence-electron chi connectivity index (χ4n) is 5.77. The van der Waals surface area contributed by atoms with Gasteiger partial charge in [-0.3, -0.25) is 9.88 Å². The van der Waals surface area contributed by atoms with Gasteiger partial charge >= 0.3 is 0 Å². The summed E-state index contributed by atoms with van der Waals surface area (Å²) in [4.78, 5) is 15.0. The first-order valence-corrected chi connectivity index (χ1v) is 12.4. The van der Waals surface area contributed by atoms with Gasteiger partial charge in [0.05, 0.1) is 29.3 Å². The molecule has 170 valence electrons. The summed E-state index contributed by atoms with van der Waals surface area (Å²) in [6, 6.07) is 14.0. The van der Waals surface area contributed by atoms with E-state index in [1.54, 1.807) is 0 Å².